The van der Waals surface area contributed by atoms with Gasteiger partial charge in [-0.1, -0.05) is 13.8 Å². The fourth-order valence-corrected chi connectivity index (χ4v) is 3.60. The minimum atomic E-state index is -0.503. The summed E-state index contributed by atoms with van der Waals surface area (Å²) in [6, 6.07) is 5.59. The Balaban J connectivity index is 0.00000312. The Morgan fingerprint density at radius 1 is 1.28 bits per heavy atom. The molecule has 0 aliphatic rings. The third-order valence-electron chi connectivity index (χ3n) is 3.74. The van der Waals surface area contributed by atoms with Crippen LogP contribution in [0.25, 0.3) is 10.6 Å². The van der Waals surface area contributed by atoms with Gasteiger partial charge in [0.15, 0.2) is 0 Å². The summed E-state index contributed by atoms with van der Waals surface area (Å²) in [5, 5.41) is 3.78. The molecule has 3 N–H and O–H groups in total. The van der Waals surface area contributed by atoms with Crippen molar-refractivity contribution < 1.29 is 9.18 Å². The molecule has 0 spiro atoms. The molecule has 0 radical (unpaired) electrons. The van der Waals surface area contributed by atoms with Crippen LogP contribution < -0.4 is 11.1 Å². The second-order valence-corrected chi connectivity index (χ2v) is 7.47. The third-order valence-corrected chi connectivity index (χ3v) is 5.13. The number of thiazole rings is 1. The predicted octanol–water partition coefficient (Wildman–Crippen LogP) is 4.23. The van der Waals surface area contributed by atoms with Crippen molar-refractivity contribution >= 4 is 29.7 Å². The van der Waals surface area contributed by atoms with E-state index < -0.39 is 6.04 Å². The van der Waals surface area contributed by atoms with E-state index in [4.69, 9.17) is 5.73 Å². The Morgan fingerprint density at radius 2 is 1.88 bits per heavy atom. The van der Waals surface area contributed by atoms with E-state index in [9.17, 15) is 9.18 Å². The molecule has 0 bridgehead atoms. The van der Waals surface area contributed by atoms with E-state index in [0.29, 0.717) is 12.3 Å². The third kappa shape index (κ3) is 5.76. The number of nitrogens with one attached hydrogen (secondary N) is 1. The number of amides is 1. The van der Waals surface area contributed by atoms with Crippen LogP contribution in [0, 0.1) is 18.7 Å². The number of nitrogens with zero attached hydrogens (tertiary/aromatic N) is 1. The SMILES string of the molecule is Cc1nc(-c2ccc(F)cc2)sc1C(C)NC(=O)[C@@H](N)CC(C)C.Cl. The molecule has 1 amide bonds. The number of halogens is 2. The van der Waals surface area contributed by atoms with E-state index >= 15 is 0 Å². The number of benzene rings is 1. The van der Waals surface area contributed by atoms with E-state index in [-0.39, 0.29) is 30.2 Å². The van der Waals surface area contributed by atoms with Crippen LogP contribution in [-0.4, -0.2) is 16.9 Å². The summed E-state index contributed by atoms with van der Waals surface area (Å²) in [7, 11) is 0. The number of carbonyl (C=O) groups excluding carboxylic acids is 1. The first-order valence-electron chi connectivity index (χ1n) is 8.07. The van der Waals surface area contributed by atoms with Crippen LogP contribution in [0.5, 0.6) is 0 Å². The normalized spacial score (nSPS) is 13.2. The van der Waals surface area contributed by atoms with Gasteiger partial charge in [0.25, 0.3) is 0 Å². The van der Waals surface area contributed by atoms with Crippen LogP contribution in [0.1, 0.15) is 43.8 Å². The van der Waals surface area contributed by atoms with E-state index in [1.165, 1.54) is 23.5 Å². The van der Waals surface area contributed by atoms with Crippen LogP contribution in [0.2, 0.25) is 0 Å². The molecule has 2 aromatic rings. The summed E-state index contributed by atoms with van der Waals surface area (Å²) in [5.74, 6) is -0.0457. The van der Waals surface area contributed by atoms with Gasteiger partial charge in [-0.05, 0) is 50.5 Å². The van der Waals surface area contributed by atoms with E-state index in [0.717, 1.165) is 21.1 Å². The zero-order valence-corrected chi connectivity index (χ0v) is 16.5. The lowest BCUT2D eigenvalue weighted by Gasteiger charge is -2.18. The summed E-state index contributed by atoms with van der Waals surface area (Å²) in [4.78, 5) is 17.7. The van der Waals surface area contributed by atoms with Crippen molar-refractivity contribution in [2.45, 2.75) is 46.2 Å². The first-order chi connectivity index (χ1) is 11.3. The maximum atomic E-state index is 13.0. The van der Waals surface area contributed by atoms with Crippen molar-refractivity contribution in [3.8, 4) is 10.6 Å². The molecule has 0 saturated heterocycles. The molecule has 0 saturated carbocycles. The second-order valence-electron chi connectivity index (χ2n) is 6.44. The zero-order valence-electron chi connectivity index (χ0n) is 14.9. The van der Waals surface area contributed by atoms with Gasteiger partial charge in [-0.15, -0.1) is 23.7 Å². The summed E-state index contributed by atoms with van der Waals surface area (Å²) >= 11 is 1.51. The van der Waals surface area contributed by atoms with Crippen LogP contribution >= 0.6 is 23.7 Å². The molecular formula is C18H25ClFN3OS. The Hall–Kier alpha value is -1.50. The highest BCUT2D eigenvalue weighted by Crippen LogP contribution is 2.31. The lowest BCUT2D eigenvalue weighted by Crippen LogP contribution is -2.42. The van der Waals surface area contributed by atoms with Crippen LogP contribution in [0.4, 0.5) is 4.39 Å². The number of carbonyl (C=O) groups is 1. The minimum Gasteiger partial charge on any atom is -0.347 e. The maximum Gasteiger partial charge on any atom is 0.237 e. The molecule has 1 aromatic carbocycles. The lowest BCUT2D eigenvalue weighted by molar-refractivity contribution is -0.123. The zero-order chi connectivity index (χ0) is 17.9. The number of nitrogens with two attached hydrogens (primary N) is 1. The standard InChI is InChI=1S/C18H24FN3OS.ClH/c1-10(2)9-15(20)17(23)21-11(3)16-12(4)22-18(24-16)13-5-7-14(19)8-6-13;/h5-8,10-11,15H,9,20H2,1-4H3,(H,21,23);1H/t11?,15-;/m0./s1. The summed E-state index contributed by atoms with van der Waals surface area (Å²) in [6.45, 7) is 7.92. The van der Waals surface area contributed by atoms with Gasteiger partial charge in [0.05, 0.1) is 22.7 Å². The van der Waals surface area contributed by atoms with Crippen molar-refractivity contribution in [3.05, 3.63) is 40.7 Å². The fraction of sp³-hybridized carbons (Fsp3) is 0.444. The fourth-order valence-electron chi connectivity index (χ4n) is 2.53. The highest BCUT2D eigenvalue weighted by atomic mass is 35.5. The summed E-state index contributed by atoms with van der Waals surface area (Å²) in [5.41, 5.74) is 7.67. The molecule has 2 atom stereocenters. The van der Waals surface area contributed by atoms with Crippen molar-refractivity contribution in [1.29, 1.82) is 0 Å². The molecule has 0 aliphatic carbocycles. The molecule has 7 heteroatoms. The largest absolute Gasteiger partial charge is 0.347 e. The van der Waals surface area contributed by atoms with Gasteiger partial charge in [-0.2, -0.15) is 0 Å². The van der Waals surface area contributed by atoms with E-state index in [2.05, 4.69) is 10.3 Å². The molecular weight excluding hydrogens is 361 g/mol. The summed E-state index contributed by atoms with van der Waals surface area (Å²) in [6.07, 6.45) is 0.654. The summed E-state index contributed by atoms with van der Waals surface area (Å²) < 4.78 is 13.0. The van der Waals surface area contributed by atoms with Gasteiger partial charge in [0, 0.05) is 5.56 Å². The first-order valence-corrected chi connectivity index (χ1v) is 8.88. The Labute approximate surface area is 158 Å². The van der Waals surface area contributed by atoms with Gasteiger partial charge >= 0.3 is 0 Å². The van der Waals surface area contributed by atoms with Gasteiger partial charge < -0.3 is 11.1 Å². The average molecular weight is 386 g/mol. The number of hydrogen-bond acceptors (Lipinski definition) is 4. The highest BCUT2D eigenvalue weighted by molar-refractivity contribution is 7.15. The van der Waals surface area contributed by atoms with E-state index in [1.54, 1.807) is 12.1 Å². The van der Waals surface area contributed by atoms with Gasteiger partial charge in [-0.25, -0.2) is 9.37 Å². The van der Waals surface area contributed by atoms with Crippen LogP contribution in [0.3, 0.4) is 0 Å². The molecule has 2 rings (SSSR count). The Kier molecular flexibility index (Phi) is 7.99. The Bertz CT molecular complexity index is 703. The second kappa shape index (κ2) is 9.27. The van der Waals surface area contributed by atoms with Crippen molar-refractivity contribution in [2.75, 3.05) is 0 Å². The van der Waals surface area contributed by atoms with Crippen LogP contribution in [0.15, 0.2) is 24.3 Å². The maximum absolute atomic E-state index is 13.0. The number of hydrogen-bond donors (Lipinski definition) is 2. The molecule has 1 aromatic heterocycles. The Morgan fingerprint density at radius 3 is 2.44 bits per heavy atom. The number of aryl methyl sites for hydroxylation is 1. The smallest absolute Gasteiger partial charge is 0.237 e. The van der Waals surface area contributed by atoms with Crippen molar-refractivity contribution in [3.63, 3.8) is 0 Å². The van der Waals surface area contributed by atoms with Crippen molar-refractivity contribution in [1.82, 2.24) is 10.3 Å². The van der Waals surface area contributed by atoms with Crippen molar-refractivity contribution in [2.24, 2.45) is 11.7 Å². The monoisotopic (exact) mass is 385 g/mol. The van der Waals surface area contributed by atoms with Gasteiger partial charge in [0.1, 0.15) is 10.8 Å². The highest BCUT2D eigenvalue weighted by Gasteiger charge is 2.21. The lowest BCUT2D eigenvalue weighted by atomic mass is 10.0. The van der Waals surface area contributed by atoms with Gasteiger partial charge in [0.2, 0.25) is 5.91 Å². The first kappa shape index (κ1) is 21.5. The number of rotatable bonds is 6. The van der Waals surface area contributed by atoms with E-state index in [1.807, 2.05) is 27.7 Å². The molecule has 0 fully saturated rings. The molecule has 1 unspecified atom stereocenters. The average Bonchev–Trinajstić information content (AvgIpc) is 2.89. The quantitative estimate of drug-likeness (QED) is 0.781. The van der Waals surface area contributed by atoms with Crippen LogP contribution in [-0.2, 0) is 4.79 Å². The molecule has 4 nitrogen and oxygen atoms in total. The topological polar surface area (TPSA) is 68.0 Å². The molecule has 138 valence electrons. The predicted molar refractivity (Wildman–Crippen MR) is 103 cm³/mol. The minimum absolute atomic E-state index is 0. The number of aromatic nitrogens is 1. The molecule has 0 aliphatic heterocycles. The van der Waals surface area contributed by atoms with Gasteiger partial charge in [-0.3, -0.25) is 4.79 Å². The molecule has 25 heavy (non-hydrogen) atoms. The molecule has 1 heterocycles.